The van der Waals surface area contributed by atoms with Gasteiger partial charge in [-0.2, -0.15) is 0 Å². The summed E-state index contributed by atoms with van der Waals surface area (Å²) in [6.45, 7) is 3.35. The molecule has 0 aromatic carbocycles. The van der Waals surface area contributed by atoms with Gasteiger partial charge in [0.05, 0.1) is 0 Å². The zero-order valence-electron chi connectivity index (χ0n) is 8.51. The molecule has 0 radical (unpaired) electrons. The Morgan fingerprint density at radius 3 is 1.23 bits per heavy atom. The lowest BCUT2D eigenvalue weighted by atomic mass is 9.83. The van der Waals surface area contributed by atoms with Gasteiger partial charge in [0.1, 0.15) is 11.6 Å². The number of carbonyl (C=O) groups is 2. The molecule has 13 heavy (non-hydrogen) atoms. The van der Waals surface area contributed by atoms with E-state index in [0.29, 0.717) is 23.4 Å². The van der Waals surface area contributed by atoms with Gasteiger partial charge in [-0.25, -0.2) is 0 Å². The molecule has 2 aliphatic carbocycles. The molecule has 0 heterocycles. The molecule has 0 bridgehead atoms. The monoisotopic (exact) mass is 182 g/mol. The van der Waals surface area contributed by atoms with Crippen LogP contribution in [0.5, 0.6) is 0 Å². The fraction of sp³-hybridized carbons (Fsp3) is 0.818. The minimum atomic E-state index is 0.370. The van der Waals surface area contributed by atoms with Gasteiger partial charge in [0, 0.05) is 11.8 Å². The largest absolute Gasteiger partial charge is 0.300 e. The zero-order chi connectivity index (χ0) is 9.84. The highest BCUT2D eigenvalue weighted by molar-refractivity contribution is 5.80. The quantitative estimate of drug-likeness (QED) is 0.657. The number of ketones is 2. The number of hydrogen-bond acceptors (Lipinski definition) is 2. The van der Waals surface area contributed by atoms with Crippen molar-refractivity contribution in [3.63, 3.8) is 0 Å². The van der Waals surface area contributed by atoms with Crippen LogP contribution in [0.2, 0.25) is 0 Å². The summed E-state index contributed by atoms with van der Waals surface area (Å²) in [7, 11) is 0. The van der Waals surface area contributed by atoms with E-state index in [1.54, 1.807) is 13.8 Å². The van der Waals surface area contributed by atoms with Crippen LogP contribution >= 0.6 is 0 Å². The topological polar surface area (TPSA) is 34.1 Å². The summed E-state index contributed by atoms with van der Waals surface area (Å²) in [5.74, 6) is 1.66. The van der Waals surface area contributed by atoms with Gasteiger partial charge in [-0.1, -0.05) is 6.42 Å². The van der Waals surface area contributed by atoms with E-state index in [4.69, 9.17) is 0 Å². The lowest BCUT2D eigenvalue weighted by Gasteiger charge is -2.21. The molecule has 0 aromatic rings. The van der Waals surface area contributed by atoms with Crippen LogP contribution < -0.4 is 0 Å². The van der Waals surface area contributed by atoms with Gasteiger partial charge < -0.3 is 0 Å². The second-order valence-corrected chi connectivity index (χ2v) is 4.12. The molecule has 2 aliphatic rings. The minimum Gasteiger partial charge on any atom is -0.300 e. The highest BCUT2D eigenvalue weighted by Gasteiger charge is 2.25. The second-order valence-electron chi connectivity index (χ2n) is 4.12. The molecule has 2 nitrogen and oxygen atoms in total. The number of rotatable bonds is 2. The summed E-state index contributed by atoms with van der Waals surface area (Å²) in [5, 5.41) is 0. The van der Waals surface area contributed by atoms with Gasteiger partial charge in [0.15, 0.2) is 0 Å². The van der Waals surface area contributed by atoms with E-state index in [1.807, 2.05) is 0 Å². The van der Waals surface area contributed by atoms with Crippen LogP contribution in [0.1, 0.15) is 46.0 Å². The second kappa shape index (κ2) is 4.54. The molecule has 0 unspecified atom stereocenters. The van der Waals surface area contributed by atoms with Crippen LogP contribution in [-0.2, 0) is 9.59 Å². The molecule has 2 saturated carbocycles. The molecule has 2 rings (SSSR count). The van der Waals surface area contributed by atoms with E-state index < -0.39 is 0 Å². The third-order valence-corrected chi connectivity index (χ3v) is 2.83. The van der Waals surface area contributed by atoms with Crippen LogP contribution in [0.15, 0.2) is 0 Å². The van der Waals surface area contributed by atoms with Gasteiger partial charge in [-0.15, -0.1) is 0 Å². The first kappa shape index (κ1) is 10.4. The normalized spacial score (nSPS) is 21.1. The molecule has 2 fully saturated rings. The molecule has 0 atom stereocenters. The Hall–Kier alpha value is -0.660. The molecule has 0 amide bonds. The molecular weight excluding hydrogens is 164 g/mol. The minimum absolute atomic E-state index is 0.370. The van der Waals surface area contributed by atoms with E-state index >= 15 is 0 Å². The standard InChI is InChI=1S/C6H10O.C5H8O/c1-5(7)6-3-2-4-6;1-4(6)5-2-3-5/h6H,2-4H2,1H3;5H,2-3H2,1H3. The number of hydrogen-bond donors (Lipinski definition) is 0. The third-order valence-electron chi connectivity index (χ3n) is 2.83. The number of carbonyl (C=O) groups excluding carboxylic acids is 2. The van der Waals surface area contributed by atoms with E-state index in [9.17, 15) is 9.59 Å². The Morgan fingerprint density at radius 2 is 1.23 bits per heavy atom. The summed E-state index contributed by atoms with van der Waals surface area (Å²) < 4.78 is 0. The maximum atomic E-state index is 10.4. The molecular formula is C11H18O2. The third kappa shape index (κ3) is 3.71. The van der Waals surface area contributed by atoms with E-state index in [0.717, 1.165) is 25.7 Å². The van der Waals surface area contributed by atoms with Crippen LogP contribution in [0, 0.1) is 11.8 Å². The van der Waals surface area contributed by atoms with E-state index in [2.05, 4.69) is 0 Å². The molecule has 74 valence electrons. The van der Waals surface area contributed by atoms with Gasteiger partial charge in [0.25, 0.3) is 0 Å². The summed E-state index contributed by atoms with van der Waals surface area (Å²) >= 11 is 0. The number of Topliss-reactive ketones (excluding diaryl/α,β-unsaturated/α-hetero) is 2. The Kier molecular flexibility index (Phi) is 3.64. The van der Waals surface area contributed by atoms with Crippen molar-refractivity contribution >= 4 is 11.6 Å². The molecule has 0 aliphatic heterocycles. The van der Waals surface area contributed by atoms with Gasteiger partial charge in [-0.05, 0) is 39.5 Å². The van der Waals surface area contributed by atoms with Crippen LogP contribution in [0.3, 0.4) is 0 Å². The van der Waals surface area contributed by atoms with Gasteiger partial charge in [-0.3, -0.25) is 9.59 Å². The summed E-state index contributed by atoms with van der Waals surface area (Å²) in [4.78, 5) is 20.6. The van der Waals surface area contributed by atoms with Crippen molar-refractivity contribution in [2.45, 2.75) is 46.0 Å². The maximum Gasteiger partial charge on any atom is 0.132 e. The molecule has 0 aromatic heterocycles. The van der Waals surface area contributed by atoms with Gasteiger partial charge in [0.2, 0.25) is 0 Å². The smallest absolute Gasteiger partial charge is 0.132 e. The van der Waals surface area contributed by atoms with Crippen molar-refractivity contribution in [2.24, 2.45) is 11.8 Å². The molecule has 0 spiro atoms. The Labute approximate surface area is 79.7 Å². The Balaban J connectivity index is 0.000000132. The lowest BCUT2D eigenvalue weighted by Crippen LogP contribution is -2.18. The average Bonchev–Trinajstić information content (AvgIpc) is 2.60. The van der Waals surface area contributed by atoms with Crippen molar-refractivity contribution in [2.75, 3.05) is 0 Å². The molecule has 0 N–H and O–H groups in total. The lowest BCUT2D eigenvalue weighted by molar-refractivity contribution is -0.123. The van der Waals surface area contributed by atoms with Gasteiger partial charge >= 0.3 is 0 Å². The van der Waals surface area contributed by atoms with Crippen LogP contribution in [0.25, 0.3) is 0 Å². The Bertz CT molecular complexity index is 200. The summed E-state index contributed by atoms with van der Waals surface area (Å²) in [6, 6.07) is 0. The fourth-order valence-corrected chi connectivity index (χ4v) is 1.30. The van der Waals surface area contributed by atoms with Crippen molar-refractivity contribution in [1.29, 1.82) is 0 Å². The molecule has 0 saturated heterocycles. The summed E-state index contributed by atoms with van der Waals surface area (Å²) in [6.07, 6.45) is 5.86. The van der Waals surface area contributed by atoms with Crippen LogP contribution in [-0.4, -0.2) is 11.6 Å². The first-order valence-corrected chi connectivity index (χ1v) is 5.12. The van der Waals surface area contributed by atoms with E-state index in [1.165, 1.54) is 6.42 Å². The predicted molar refractivity (Wildman–Crippen MR) is 51.4 cm³/mol. The predicted octanol–water partition coefficient (Wildman–Crippen LogP) is 2.36. The summed E-state index contributed by atoms with van der Waals surface area (Å²) in [5.41, 5.74) is 0. The highest BCUT2D eigenvalue weighted by atomic mass is 16.1. The van der Waals surface area contributed by atoms with Crippen molar-refractivity contribution in [3.05, 3.63) is 0 Å². The Morgan fingerprint density at radius 1 is 0.846 bits per heavy atom. The highest BCUT2D eigenvalue weighted by Crippen LogP contribution is 2.29. The molecule has 2 heteroatoms. The first-order valence-electron chi connectivity index (χ1n) is 5.12. The SMILES string of the molecule is CC(=O)C1CC1.CC(=O)C1CCC1. The maximum absolute atomic E-state index is 10.4. The first-order chi connectivity index (χ1) is 6.11. The van der Waals surface area contributed by atoms with E-state index in [-0.39, 0.29) is 0 Å². The zero-order valence-corrected chi connectivity index (χ0v) is 8.51. The fourth-order valence-electron chi connectivity index (χ4n) is 1.30. The van der Waals surface area contributed by atoms with Crippen molar-refractivity contribution in [1.82, 2.24) is 0 Å². The van der Waals surface area contributed by atoms with Crippen LogP contribution in [0.4, 0.5) is 0 Å². The average molecular weight is 182 g/mol. The van der Waals surface area contributed by atoms with Crippen molar-refractivity contribution < 1.29 is 9.59 Å². The van der Waals surface area contributed by atoms with Crippen molar-refractivity contribution in [3.8, 4) is 0 Å².